The third-order valence-electron chi connectivity index (χ3n) is 8.07. The minimum atomic E-state index is 0.0180. The summed E-state index contributed by atoms with van der Waals surface area (Å²) in [5, 5.41) is 1.01. The number of hydrogen-bond acceptors (Lipinski definition) is 5. The molecule has 0 atom stereocenters. The lowest BCUT2D eigenvalue weighted by molar-refractivity contribution is 0.0697. The van der Waals surface area contributed by atoms with Crippen LogP contribution in [0.1, 0.15) is 45.1 Å². The van der Waals surface area contributed by atoms with Gasteiger partial charge in [-0.2, -0.15) is 0 Å². The summed E-state index contributed by atoms with van der Waals surface area (Å²) in [5.74, 6) is 1.91. The minimum absolute atomic E-state index is 0.0180. The molecule has 5 heterocycles. The lowest BCUT2D eigenvalue weighted by Crippen LogP contribution is -2.33. The predicted molar refractivity (Wildman–Crippen MR) is 140 cm³/mol. The number of hydrogen-bond donors (Lipinski definition) is 0. The first-order chi connectivity index (χ1) is 17.1. The predicted octanol–water partition coefficient (Wildman–Crippen LogP) is 4.93. The highest BCUT2D eigenvalue weighted by Gasteiger charge is 2.24. The Bertz CT molecular complexity index is 1410. The topological polar surface area (TPSA) is 65.2 Å². The van der Waals surface area contributed by atoms with Crippen molar-refractivity contribution in [1.29, 1.82) is 0 Å². The van der Waals surface area contributed by atoms with Gasteiger partial charge >= 0.3 is 5.69 Å². The number of fused-ring (bicyclic) bond motifs is 3. The molecule has 0 unspecified atom stereocenters. The molecule has 0 N–H and O–H groups in total. The second-order valence-corrected chi connectivity index (χ2v) is 10.0. The molecule has 182 valence electrons. The van der Waals surface area contributed by atoms with Gasteiger partial charge in [0.15, 0.2) is 0 Å². The monoisotopic (exact) mass is 471 g/mol. The smallest absolute Gasteiger partial charge is 0.329 e. The van der Waals surface area contributed by atoms with E-state index in [2.05, 4.69) is 47.1 Å². The minimum Gasteiger partial charge on any atom is -0.381 e. The largest absolute Gasteiger partial charge is 0.381 e. The van der Waals surface area contributed by atoms with Gasteiger partial charge in [0.1, 0.15) is 5.82 Å². The van der Waals surface area contributed by atoms with Crippen LogP contribution in [0.5, 0.6) is 0 Å². The van der Waals surface area contributed by atoms with Crippen LogP contribution in [-0.4, -0.2) is 45.4 Å². The molecule has 2 fully saturated rings. The van der Waals surface area contributed by atoms with Crippen LogP contribution in [0, 0.1) is 5.92 Å². The molecule has 0 saturated carbocycles. The lowest BCUT2D eigenvalue weighted by Gasteiger charge is -2.32. The van der Waals surface area contributed by atoms with Crippen LogP contribution < -0.4 is 10.6 Å². The normalized spacial score (nSPS) is 18.1. The Morgan fingerprint density at radius 3 is 2.46 bits per heavy atom. The van der Waals surface area contributed by atoms with Gasteiger partial charge in [-0.3, -0.25) is 14.1 Å². The van der Waals surface area contributed by atoms with Gasteiger partial charge in [-0.25, -0.2) is 9.78 Å². The summed E-state index contributed by atoms with van der Waals surface area (Å²) >= 11 is 0. The molecule has 3 aromatic heterocycles. The van der Waals surface area contributed by atoms with Gasteiger partial charge in [0, 0.05) is 56.5 Å². The Balaban J connectivity index is 1.39. The Kier molecular flexibility index (Phi) is 5.80. The number of nitrogens with zero attached hydrogens (tertiary/aromatic N) is 5. The maximum Gasteiger partial charge on any atom is 0.329 e. The molecule has 0 aliphatic carbocycles. The zero-order valence-corrected chi connectivity index (χ0v) is 20.6. The molecule has 1 aromatic carbocycles. The van der Waals surface area contributed by atoms with Gasteiger partial charge < -0.3 is 9.64 Å². The number of aromatic nitrogens is 4. The third-order valence-corrected chi connectivity index (χ3v) is 8.07. The van der Waals surface area contributed by atoms with E-state index in [-0.39, 0.29) is 11.7 Å². The molecule has 0 radical (unpaired) electrons. The van der Waals surface area contributed by atoms with Crippen LogP contribution in [-0.2, 0) is 11.8 Å². The molecule has 0 spiro atoms. The van der Waals surface area contributed by atoms with Gasteiger partial charge in [-0.15, -0.1) is 0 Å². The van der Waals surface area contributed by atoms with Crippen LogP contribution in [0.3, 0.4) is 0 Å². The van der Waals surface area contributed by atoms with E-state index in [9.17, 15) is 4.79 Å². The van der Waals surface area contributed by atoms with Gasteiger partial charge in [0.05, 0.1) is 22.7 Å². The standard InChI is InChI=1S/C28H33N5O2/c1-3-19-8-12-32(13-9-19)26-7-5-21(17-30-26)20-4-6-24-23(16-20)27-25(18-29-24)31(2)28(34)33(27)22-10-14-35-15-11-22/h4-7,16-19,22H,3,8-15H2,1-2H3. The van der Waals surface area contributed by atoms with E-state index in [0.717, 1.165) is 70.7 Å². The average molecular weight is 472 g/mol. The van der Waals surface area contributed by atoms with Crippen LogP contribution in [0.2, 0.25) is 0 Å². The zero-order valence-electron chi connectivity index (χ0n) is 20.6. The summed E-state index contributed by atoms with van der Waals surface area (Å²) < 4.78 is 9.27. The molecule has 2 saturated heterocycles. The fourth-order valence-corrected chi connectivity index (χ4v) is 5.80. The first kappa shape index (κ1) is 22.3. The highest BCUT2D eigenvalue weighted by Crippen LogP contribution is 2.32. The van der Waals surface area contributed by atoms with Crippen molar-refractivity contribution in [2.75, 3.05) is 31.2 Å². The van der Waals surface area contributed by atoms with Crippen LogP contribution in [0.25, 0.3) is 33.1 Å². The summed E-state index contributed by atoms with van der Waals surface area (Å²) in [6.45, 7) is 5.84. The maximum absolute atomic E-state index is 13.3. The van der Waals surface area contributed by atoms with Crippen molar-refractivity contribution in [3.8, 4) is 11.1 Å². The number of imidazole rings is 1. The van der Waals surface area contributed by atoms with E-state index >= 15 is 0 Å². The maximum atomic E-state index is 13.3. The van der Waals surface area contributed by atoms with E-state index in [1.54, 1.807) is 4.57 Å². The molecule has 7 heteroatoms. The molecule has 2 aliphatic rings. The number of ether oxygens (including phenoxy) is 1. The van der Waals surface area contributed by atoms with E-state index in [0.29, 0.717) is 13.2 Å². The molecular formula is C28H33N5O2. The van der Waals surface area contributed by atoms with Crippen molar-refractivity contribution in [3.63, 3.8) is 0 Å². The van der Waals surface area contributed by atoms with Crippen molar-refractivity contribution < 1.29 is 4.74 Å². The molecule has 2 aliphatic heterocycles. The number of anilines is 1. The molecule has 0 bridgehead atoms. The van der Waals surface area contributed by atoms with Gasteiger partial charge in [-0.1, -0.05) is 19.4 Å². The number of rotatable bonds is 4. The van der Waals surface area contributed by atoms with Crippen molar-refractivity contribution >= 4 is 27.8 Å². The Labute approximate surface area is 205 Å². The molecule has 0 amide bonds. The fraction of sp³-hybridized carbons (Fsp3) is 0.464. The van der Waals surface area contributed by atoms with Crippen LogP contribution >= 0.6 is 0 Å². The highest BCUT2D eigenvalue weighted by atomic mass is 16.5. The lowest BCUT2D eigenvalue weighted by atomic mass is 9.94. The second kappa shape index (κ2) is 9.11. The molecule has 35 heavy (non-hydrogen) atoms. The summed E-state index contributed by atoms with van der Waals surface area (Å²) in [6.07, 6.45) is 9.28. The van der Waals surface area contributed by atoms with E-state index in [1.807, 2.05) is 24.0 Å². The summed E-state index contributed by atoms with van der Waals surface area (Å²) in [7, 11) is 1.84. The number of pyridine rings is 2. The van der Waals surface area contributed by atoms with Crippen LogP contribution in [0.15, 0.2) is 47.5 Å². The van der Waals surface area contributed by atoms with Gasteiger partial charge in [0.2, 0.25) is 0 Å². The Morgan fingerprint density at radius 1 is 0.971 bits per heavy atom. The number of piperidine rings is 1. The Morgan fingerprint density at radius 2 is 1.74 bits per heavy atom. The summed E-state index contributed by atoms with van der Waals surface area (Å²) in [5.41, 5.74) is 4.92. The van der Waals surface area contributed by atoms with Crippen molar-refractivity contribution in [2.24, 2.45) is 13.0 Å². The van der Waals surface area contributed by atoms with E-state index in [1.165, 1.54) is 19.3 Å². The van der Waals surface area contributed by atoms with Gasteiger partial charge in [-0.05, 0) is 61.4 Å². The molecule has 4 aromatic rings. The summed E-state index contributed by atoms with van der Waals surface area (Å²) in [4.78, 5) is 25.2. The van der Waals surface area contributed by atoms with Crippen molar-refractivity contribution in [2.45, 2.75) is 45.1 Å². The van der Waals surface area contributed by atoms with E-state index in [4.69, 9.17) is 9.72 Å². The Hall–Kier alpha value is -3.19. The van der Waals surface area contributed by atoms with Crippen LogP contribution in [0.4, 0.5) is 5.82 Å². The quantitative estimate of drug-likeness (QED) is 0.422. The highest BCUT2D eigenvalue weighted by molar-refractivity contribution is 6.04. The average Bonchev–Trinajstić information content (AvgIpc) is 3.19. The first-order valence-corrected chi connectivity index (χ1v) is 12.9. The summed E-state index contributed by atoms with van der Waals surface area (Å²) in [6, 6.07) is 10.8. The van der Waals surface area contributed by atoms with Crippen molar-refractivity contribution in [3.05, 3.63) is 53.2 Å². The fourth-order valence-electron chi connectivity index (χ4n) is 5.80. The van der Waals surface area contributed by atoms with Crippen molar-refractivity contribution in [1.82, 2.24) is 19.1 Å². The molecular weight excluding hydrogens is 438 g/mol. The number of benzene rings is 1. The van der Waals surface area contributed by atoms with E-state index < -0.39 is 0 Å². The first-order valence-electron chi connectivity index (χ1n) is 12.9. The van der Waals surface area contributed by atoms with Gasteiger partial charge in [0.25, 0.3) is 0 Å². The SMILES string of the molecule is CCC1CCN(c2ccc(-c3ccc4ncc5c(c4c3)n(C3CCOCC3)c(=O)n5C)cn2)CC1. The number of aryl methyl sites for hydroxylation is 1. The second-order valence-electron chi connectivity index (χ2n) is 10.0. The third kappa shape index (κ3) is 3.92. The molecule has 7 nitrogen and oxygen atoms in total. The zero-order chi connectivity index (χ0) is 23.9. The molecule has 6 rings (SSSR count).